The first-order valence-electron chi connectivity index (χ1n) is 11.7. The fourth-order valence-electron chi connectivity index (χ4n) is 4.61. The van der Waals surface area contributed by atoms with E-state index in [1.807, 2.05) is 6.07 Å². The van der Waals surface area contributed by atoms with Gasteiger partial charge in [-0.15, -0.1) is 0 Å². The lowest BCUT2D eigenvalue weighted by atomic mass is 9.85. The van der Waals surface area contributed by atoms with Crippen molar-refractivity contribution in [3.05, 3.63) is 101 Å². The Hall–Kier alpha value is -2.62. The SMILES string of the molecule is COc1cccc(C(c2ccc(C(C)(C)C)cc2)N2CCN(Cc3ccccc3)CC2)c1. The van der Waals surface area contributed by atoms with Crippen molar-refractivity contribution in [2.24, 2.45) is 0 Å². The van der Waals surface area contributed by atoms with Crippen LogP contribution in [0.5, 0.6) is 5.75 Å². The minimum absolute atomic E-state index is 0.160. The van der Waals surface area contributed by atoms with E-state index in [0.29, 0.717) is 0 Å². The number of piperazine rings is 1. The largest absolute Gasteiger partial charge is 0.497 e. The monoisotopic (exact) mass is 428 g/mol. The second-order valence-electron chi connectivity index (χ2n) is 9.85. The molecule has 1 aliphatic heterocycles. The molecule has 0 spiro atoms. The smallest absolute Gasteiger partial charge is 0.119 e. The summed E-state index contributed by atoms with van der Waals surface area (Å²) in [4.78, 5) is 5.19. The molecule has 1 saturated heterocycles. The van der Waals surface area contributed by atoms with Crippen LogP contribution in [0.25, 0.3) is 0 Å². The van der Waals surface area contributed by atoms with E-state index in [0.717, 1.165) is 38.5 Å². The average molecular weight is 429 g/mol. The maximum absolute atomic E-state index is 5.55. The molecule has 3 aromatic rings. The van der Waals surface area contributed by atoms with Crippen molar-refractivity contribution in [3.63, 3.8) is 0 Å². The highest BCUT2D eigenvalue weighted by molar-refractivity contribution is 5.39. The normalized spacial score (nSPS) is 16.6. The minimum Gasteiger partial charge on any atom is -0.497 e. The van der Waals surface area contributed by atoms with Gasteiger partial charge in [-0.1, -0.05) is 87.5 Å². The van der Waals surface area contributed by atoms with E-state index in [-0.39, 0.29) is 11.5 Å². The van der Waals surface area contributed by atoms with Gasteiger partial charge in [0.15, 0.2) is 0 Å². The highest BCUT2D eigenvalue weighted by Crippen LogP contribution is 2.33. The van der Waals surface area contributed by atoms with Gasteiger partial charge in [0.1, 0.15) is 5.75 Å². The number of rotatable bonds is 6. The molecular weight excluding hydrogens is 392 g/mol. The van der Waals surface area contributed by atoms with Gasteiger partial charge in [0.25, 0.3) is 0 Å². The van der Waals surface area contributed by atoms with Crippen LogP contribution in [0.4, 0.5) is 0 Å². The molecule has 3 heteroatoms. The summed E-state index contributed by atoms with van der Waals surface area (Å²) in [6.45, 7) is 12.1. The van der Waals surface area contributed by atoms with Crippen LogP contribution in [0, 0.1) is 0 Å². The standard InChI is InChI=1S/C29H36N2O/c1-29(2,3)26-15-13-24(14-16-26)28(25-11-8-12-27(21-25)32-4)31-19-17-30(18-20-31)22-23-9-6-5-7-10-23/h5-16,21,28H,17-20,22H2,1-4H3. The molecule has 0 amide bonds. The first kappa shape index (κ1) is 22.6. The van der Waals surface area contributed by atoms with Crippen molar-refractivity contribution < 1.29 is 4.74 Å². The van der Waals surface area contributed by atoms with Gasteiger partial charge in [0.05, 0.1) is 13.2 Å². The third kappa shape index (κ3) is 5.40. The van der Waals surface area contributed by atoms with Crippen LogP contribution in [0.1, 0.15) is 49.1 Å². The summed E-state index contributed by atoms with van der Waals surface area (Å²) in [7, 11) is 1.74. The van der Waals surface area contributed by atoms with Crippen LogP contribution in [-0.2, 0) is 12.0 Å². The molecule has 1 fully saturated rings. The van der Waals surface area contributed by atoms with Crippen molar-refractivity contribution >= 4 is 0 Å². The fourth-order valence-corrected chi connectivity index (χ4v) is 4.61. The molecule has 3 nitrogen and oxygen atoms in total. The molecule has 168 valence electrons. The second-order valence-corrected chi connectivity index (χ2v) is 9.85. The van der Waals surface area contributed by atoms with Crippen LogP contribution in [0.2, 0.25) is 0 Å². The summed E-state index contributed by atoms with van der Waals surface area (Å²) in [5.74, 6) is 0.918. The van der Waals surface area contributed by atoms with Gasteiger partial charge in [-0.2, -0.15) is 0 Å². The zero-order valence-electron chi connectivity index (χ0n) is 19.9. The van der Waals surface area contributed by atoms with Gasteiger partial charge in [-0.25, -0.2) is 0 Å². The quantitative estimate of drug-likeness (QED) is 0.486. The van der Waals surface area contributed by atoms with Gasteiger partial charge in [-0.05, 0) is 39.8 Å². The number of hydrogen-bond acceptors (Lipinski definition) is 3. The van der Waals surface area contributed by atoms with Crippen molar-refractivity contribution in [2.45, 2.75) is 38.8 Å². The molecule has 0 bridgehead atoms. The lowest BCUT2D eigenvalue weighted by Crippen LogP contribution is -2.47. The number of hydrogen-bond donors (Lipinski definition) is 0. The first-order valence-corrected chi connectivity index (χ1v) is 11.7. The van der Waals surface area contributed by atoms with Crippen LogP contribution in [0.15, 0.2) is 78.9 Å². The molecule has 32 heavy (non-hydrogen) atoms. The van der Waals surface area contributed by atoms with Crippen molar-refractivity contribution in [3.8, 4) is 5.75 Å². The van der Waals surface area contributed by atoms with Gasteiger partial charge in [0.2, 0.25) is 0 Å². The zero-order chi connectivity index (χ0) is 22.6. The number of benzene rings is 3. The molecule has 1 unspecified atom stereocenters. The number of methoxy groups -OCH3 is 1. The number of nitrogens with zero attached hydrogens (tertiary/aromatic N) is 2. The molecule has 0 aliphatic carbocycles. The Morgan fingerprint density at radius 2 is 1.47 bits per heavy atom. The third-order valence-electron chi connectivity index (χ3n) is 6.52. The van der Waals surface area contributed by atoms with E-state index in [2.05, 4.69) is 103 Å². The van der Waals surface area contributed by atoms with E-state index in [1.165, 1.54) is 22.3 Å². The van der Waals surface area contributed by atoms with Gasteiger partial charge >= 0.3 is 0 Å². The Morgan fingerprint density at radius 3 is 2.09 bits per heavy atom. The molecular formula is C29H36N2O. The van der Waals surface area contributed by atoms with Crippen LogP contribution >= 0.6 is 0 Å². The Bertz CT molecular complexity index is 984. The van der Waals surface area contributed by atoms with Gasteiger partial charge in [-0.3, -0.25) is 9.80 Å². The molecule has 1 atom stereocenters. The van der Waals surface area contributed by atoms with Crippen molar-refractivity contribution in [1.29, 1.82) is 0 Å². The summed E-state index contributed by atoms with van der Waals surface area (Å²) in [6, 6.07) is 28.8. The summed E-state index contributed by atoms with van der Waals surface area (Å²) < 4.78 is 5.55. The molecule has 0 radical (unpaired) electrons. The fraction of sp³-hybridized carbons (Fsp3) is 0.379. The van der Waals surface area contributed by atoms with E-state index in [1.54, 1.807) is 7.11 Å². The Labute approximate surface area is 193 Å². The lowest BCUT2D eigenvalue weighted by molar-refractivity contribution is 0.105. The Morgan fingerprint density at radius 1 is 0.781 bits per heavy atom. The lowest BCUT2D eigenvalue weighted by Gasteiger charge is -2.40. The molecule has 1 aliphatic rings. The maximum Gasteiger partial charge on any atom is 0.119 e. The summed E-state index contributed by atoms with van der Waals surface area (Å²) in [5.41, 5.74) is 5.57. The Balaban J connectivity index is 1.56. The van der Waals surface area contributed by atoms with E-state index in [9.17, 15) is 0 Å². The average Bonchev–Trinajstić information content (AvgIpc) is 2.81. The topological polar surface area (TPSA) is 15.7 Å². The predicted octanol–water partition coefficient (Wildman–Crippen LogP) is 5.90. The highest BCUT2D eigenvalue weighted by Gasteiger charge is 2.27. The summed E-state index contributed by atoms with van der Waals surface area (Å²) in [6.07, 6.45) is 0. The van der Waals surface area contributed by atoms with E-state index in [4.69, 9.17) is 4.74 Å². The van der Waals surface area contributed by atoms with E-state index < -0.39 is 0 Å². The van der Waals surface area contributed by atoms with Gasteiger partial charge in [0, 0.05) is 32.7 Å². The molecule has 0 aromatic heterocycles. The second kappa shape index (κ2) is 9.89. The van der Waals surface area contributed by atoms with Crippen LogP contribution < -0.4 is 4.74 Å². The molecule has 0 saturated carbocycles. The van der Waals surface area contributed by atoms with Crippen molar-refractivity contribution in [2.75, 3.05) is 33.3 Å². The van der Waals surface area contributed by atoms with Crippen LogP contribution in [0.3, 0.4) is 0 Å². The summed E-state index contributed by atoms with van der Waals surface area (Å²) in [5, 5.41) is 0. The molecule has 0 N–H and O–H groups in total. The zero-order valence-corrected chi connectivity index (χ0v) is 19.9. The van der Waals surface area contributed by atoms with E-state index >= 15 is 0 Å². The Kier molecular flexibility index (Phi) is 6.98. The predicted molar refractivity (Wildman–Crippen MR) is 133 cm³/mol. The minimum atomic E-state index is 0.160. The summed E-state index contributed by atoms with van der Waals surface area (Å²) >= 11 is 0. The molecule has 1 heterocycles. The molecule has 3 aromatic carbocycles. The number of ether oxygens (including phenoxy) is 1. The maximum atomic E-state index is 5.55. The van der Waals surface area contributed by atoms with Crippen LogP contribution in [-0.4, -0.2) is 43.1 Å². The first-order chi connectivity index (χ1) is 15.4. The molecule has 4 rings (SSSR count). The van der Waals surface area contributed by atoms with Gasteiger partial charge < -0.3 is 4.74 Å². The highest BCUT2D eigenvalue weighted by atomic mass is 16.5. The van der Waals surface area contributed by atoms with Crippen molar-refractivity contribution in [1.82, 2.24) is 9.80 Å². The third-order valence-corrected chi connectivity index (χ3v) is 6.52.